The van der Waals surface area contributed by atoms with E-state index in [2.05, 4.69) is 15.5 Å². The van der Waals surface area contributed by atoms with Gasteiger partial charge in [-0.25, -0.2) is 0 Å². The number of nitrogens with one attached hydrogen (secondary N) is 1. The molecular formula is C21H21N5O3. The van der Waals surface area contributed by atoms with E-state index in [1.807, 2.05) is 54.6 Å². The minimum absolute atomic E-state index is 0.125. The molecule has 1 fully saturated rings. The molecule has 0 saturated carbocycles. The van der Waals surface area contributed by atoms with Crippen LogP contribution in [0, 0.1) is 0 Å². The van der Waals surface area contributed by atoms with E-state index >= 15 is 0 Å². The highest BCUT2D eigenvalue weighted by atomic mass is 16.5. The maximum absolute atomic E-state index is 13.1. The third-order valence-electron chi connectivity index (χ3n) is 4.95. The molecule has 3 N–H and O–H groups in total. The lowest BCUT2D eigenvalue weighted by Crippen LogP contribution is -2.33. The van der Waals surface area contributed by atoms with Gasteiger partial charge in [-0.2, -0.15) is 4.98 Å². The SMILES string of the molecule is NC1C[C@@H](c2noc(CNC=O)n2)N(C(=O)c2ccc(-c3ccccc3)cc2)C1. The molecule has 0 spiro atoms. The second kappa shape index (κ2) is 8.24. The average molecular weight is 391 g/mol. The predicted octanol–water partition coefficient (Wildman–Crippen LogP) is 1.90. The number of nitrogens with zero attached hydrogens (tertiary/aromatic N) is 3. The zero-order chi connectivity index (χ0) is 20.2. The zero-order valence-electron chi connectivity index (χ0n) is 15.7. The van der Waals surface area contributed by atoms with E-state index in [-0.39, 0.29) is 30.4 Å². The lowest BCUT2D eigenvalue weighted by Gasteiger charge is -2.22. The van der Waals surface area contributed by atoms with Gasteiger partial charge in [0.25, 0.3) is 5.91 Å². The Bertz CT molecular complexity index is 987. The zero-order valence-corrected chi connectivity index (χ0v) is 15.7. The molecule has 1 aromatic heterocycles. The van der Waals surface area contributed by atoms with Crippen molar-refractivity contribution < 1.29 is 14.1 Å². The van der Waals surface area contributed by atoms with Crippen molar-refractivity contribution in [2.45, 2.75) is 25.0 Å². The number of nitrogens with two attached hydrogens (primary N) is 1. The van der Waals surface area contributed by atoms with E-state index in [9.17, 15) is 9.59 Å². The first kappa shape index (κ1) is 18.8. The Balaban J connectivity index is 1.53. The van der Waals surface area contributed by atoms with Crippen LogP contribution in [-0.2, 0) is 11.3 Å². The van der Waals surface area contributed by atoms with Gasteiger partial charge in [0, 0.05) is 18.2 Å². The van der Waals surface area contributed by atoms with Gasteiger partial charge < -0.3 is 20.5 Å². The number of carbonyl (C=O) groups is 2. The molecule has 2 heterocycles. The van der Waals surface area contributed by atoms with Crippen molar-refractivity contribution in [3.8, 4) is 11.1 Å². The number of hydrogen-bond acceptors (Lipinski definition) is 6. The topological polar surface area (TPSA) is 114 Å². The quantitative estimate of drug-likeness (QED) is 0.620. The molecular weight excluding hydrogens is 370 g/mol. The molecule has 0 aliphatic carbocycles. The average Bonchev–Trinajstić information content (AvgIpc) is 3.39. The van der Waals surface area contributed by atoms with Crippen LogP contribution >= 0.6 is 0 Å². The van der Waals surface area contributed by atoms with Crippen LogP contribution in [0.4, 0.5) is 0 Å². The lowest BCUT2D eigenvalue weighted by molar-refractivity contribution is -0.109. The number of likely N-dealkylation sites (tertiary alicyclic amines) is 1. The largest absolute Gasteiger partial charge is 0.350 e. The highest BCUT2D eigenvalue weighted by Gasteiger charge is 2.37. The van der Waals surface area contributed by atoms with Gasteiger partial charge in [-0.15, -0.1) is 0 Å². The molecule has 0 bridgehead atoms. The maximum Gasteiger partial charge on any atom is 0.254 e. The molecule has 4 rings (SSSR count). The number of hydrogen-bond donors (Lipinski definition) is 2. The first-order chi connectivity index (χ1) is 14.2. The molecule has 1 aliphatic rings. The smallest absolute Gasteiger partial charge is 0.254 e. The lowest BCUT2D eigenvalue weighted by atomic mass is 10.0. The summed E-state index contributed by atoms with van der Waals surface area (Å²) in [4.78, 5) is 29.5. The van der Waals surface area contributed by atoms with Crippen LogP contribution in [0.1, 0.15) is 34.5 Å². The summed E-state index contributed by atoms with van der Waals surface area (Å²) in [5, 5.41) is 6.45. The molecule has 2 amide bonds. The summed E-state index contributed by atoms with van der Waals surface area (Å²) in [7, 11) is 0. The first-order valence-corrected chi connectivity index (χ1v) is 9.37. The van der Waals surface area contributed by atoms with Crippen LogP contribution < -0.4 is 11.1 Å². The van der Waals surface area contributed by atoms with E-state index in [0.717, 1.165) is 11.1 Å². The van der Waals surface area contributed by atoms with Gasteiger partial charge in [0.2, 0.25) is 12.3 Å². The molecule has 1 saturated heterocycles. The molecule has 0 radical (unpaired) electrons. The van der Waals surface area contributed by atoms with Gasteiger partial charge in [0.05, 0.1) is 12.6 Å². The van der Waals surface area contributed by atoms with Crippen LogP contribution in [-0.4, -0.2) is 39.9 Å². The normalized spacial score (nSPS) is 18.6. The number of rotatable bonds is 6. The molecule has 3 aromatic rings. The van der Waals surface area contributed by atoms with Crippen LogP contribution in [0.3, 0.4) is 0 Å². The molecule has 8 nitrogen and oxygen atoms in total. The molecule has 8 heteroatoms. The van der Waals surface area contributed by atoms with Crippen LogP contribution in [0.2, 0.25) is 0 Å². The van der Waals surface area contributed by atoms with E-state index in [4.69, 9.17) is 10.3 Å². The van der Waals surface area contributed by atoms with Crippen LogP contribution in [0.15, 0.2) is 59.1 Å². The van der Waals surface area contributed by atoms with Gasteiger partial charge in [-0.1, -0.05) is 47.6 Å². The van der Waals surface area contributed by atoms with Crippen molar-refractivity contribution in [1.29, 1.82) is 0 Å². The van der Waals surface area contributed by atoms with Crippen molar-refractivity contribution in [2.75, 3.05) is 6.54 Å². The number of amides is 2. The highest BCUT2D eigenvalue weighted by Crippen LogP contribution is 2.31. The standard InChI is InChI=1S/C21H21N5O3/c22-17-10-18(20-24-19(29-25-20)11-23-13-27)26(12-17)21(28)16-8-6-15(7-9-16)14-4-2-1-3-5-14/h1-9,13,17-18H,10-12,22H2,(H,23,27)/t17?,18-/m0/s1. The summed E-state index contributed by atoms with van der Waals surface area (Å²) >= 11 is 0. The summed E-state index contributed by atoms with van der Waals surface area (Å²) in [5.41, 5.74) is 8.83. The highest BCUT2D eigenvalue weighted by molar-refractivity contribution is 5.95. The van der Waals surface area contributed by atoms with E-state index in [0.29, 0.717) is 30.8 Å². The second-order valence-corrected chi connectivity index (χ2v) is 6.96. The van der Waals surface area contributed by atoms with Crippen LogP contribution in [0.5, 0.6) is 0 Å². The fraction of sp³-hybridized carbons (Fsp3) is 0.238. The van der Waals surface area contributed by atoms with Crippen molar-refractivity contribution in [3.63, 3.8) is 0 Å². The Labute approximate surface area is 167 Å². The monoisotopic (exact) mass is 391 g/mol. The third kappa shape index (κ3) is 4.02. The summed E-state index contributed by atoms with van der Waals surface area (Å²) in [6, 6.07) is 17.0. The first-order valence-electron chi connectivity index (χ1n) is 9.37. The summed E-state index contributed by atoms with van der Waals surface area (Å²) in [5.74, 6) is 0.557. The van der Waals surface area contributed by atoms with Gasteiger partial charge in [-0.05, 0) is 29.7 Å². The van der Waals surface area contributed by atoms with Crippen molar-refractivity contribution in [2.24, 2.45) is 5.73 Å². The molecule has 1 unspecified atom stereocenters. The van der Waals surface area contributed by atoms with Crippen molar-refractivity contribution >= 4 is 12.3 Å². The van der Waals surface area contributed by atoms with E-state index in [1.165, 1.54) is 0 Å². The fourth-order valence-corrected chi connectivity index (χ4v) is 3.54. The molecule has 1 aliphatic heterocycles. The van der Waals surface area contributed by atoms with Gasteiger partial charge in [-0.3, -0.25) is 9.59 Å². The maximum atomic E-state index is 13.1. The molecule has 2 atom stereocenters. The molecule has 29 heavy (non-hydrogen) atoms. The Morgan fingerprint density at radius 2 is 1.90 bits per heavy atom. The van der Waals surface area contributed by atoms with E-state index in [1.54, 1.807) is 4.90 Å². The van der Waals surface area contributed by atoms with Gasteiger partial charge >= 0.3 is 0 Å². The second-order valence-electron chi connectivity index (χ2n) is 6.96. The van der Waals surface area contributed by atoms with Gasteiger partial charge in [0.1, 0.15) is 0 Å². The van der Waals surface area contributed by atoms with Crippen LogP contribution in [0.25, 0.3) is 11.1 Å². The predicted molar refractivity (Wildman–Crippen MR) is 105 cm³/mol. The fourth-order valence-electron chi connectivity index (χ4n) is 3.54. The van der Waals surface area contributed by atoms with Crippen molar-refractivity contribution in [1.82, 2.24) is 20.4 Å². The van der Waals surface area contributed by atoms with E-state index < -0.39 is 0 Å². The number of aromatic nitrogens is 2. The Hall–Kier alpha value is -3.52. The number of benzene rings is 2. The molecule has 148 valence electrons. The van der Waals surface area contributed by atoms with Crippen molar-refractivity contribution in [3.05, 3.63) is 71.9 Å². The Morgan fingerprint density at radius 1 is 1.17 bits per heavy atom. The summed E-state index contributed by atoms with van der Waals surface area (Å²) in [6.07, 6.45) is 1.11. The summed E-state index contributed by atoms with van der Waals surface area (Å²) in [6.45, 7) is 0.560. The Kier molecular flexibility index (Phi) is 5.35. The minimum atomic E-state index is -0.361. The summed E-state index contributed by atoms with van der Waals surface area (Å²) < 4.78 is 5.15. The van der Waals surface area contributed by atoms with Gasteiger partial charge in [0.15, 0.2) is 5.82 Å². The number of carbonyl (C=O) groups excluding carboxylic acids is 2. The Morgan fingerprint density at radius 3 is 2.62 bits per heavy atom. The minimum Gasteiger partial charge on any atom is -0.350 e. The molecule has 2 aromatic carbocycles. The third-order valence-corrected chi connectivity index (χ3v) is 4.95.